The smallest absolute Gasteiger partial charge is 0.0154 e. The first-order valence-electron chi connectivity index (χ1n) is 5.77. The van der Waals surface area contributed by atoms with Gasteiger partial charge in [-0.05, 0) is 42.9 Å². The Balaban J connectivity index is 2.35. The van der Waals surface area contributed by atoms with E-state index in [1.165, 1.54) is 32.1 Å². The molecule has 1 rings (SSSR count). The standard InChI is InChI=1S/C13H24/c1-5-7-8-11-9-10-12(11)13(3,4)6-2/h11H,2,5-10H2,1,3-4H3. The zero-order valence-electron chi connectivity index (χ0n) is 9.53. The van der Waals surface area contributed by atoms with Crippen LogP contribution in [-0.2, 0) is 0 Å². The molecule has 0 spiro atoms. The molecule has 0 aromatic carbocycles. The number of hydrogen-bond donors (Lipinski definition) is 0. The van der Waals surface area contributed by atoms with Crippen molar-refractivity contribution in [2.45, 2.75) is 59.3 Å². The summed E-state index contributed by atoms with van der Waals surface area (Å²) in [5.74, 6) is 2.74. The molecule has 1 fully saturated rings. The fourth-order valence-electron chi connectivity index (χ4n) is 2.31. The monoisotopic (exact) mass is 180 g/mol. The Hall–Kier alpha value is 0. The molecular weight excluding hydrogens is 156 g/mol. The lowest BCUT2D eigenvalue weighted by Crippen LogP contribution is -2.35. The topological polar surface area (TPSA) is 0 Å². The molecule has 1 aliphatic rings. The molecular formula is C13H24. The van der Waals surface area contributed by atoms with Gasteiger partial charge in [0.15, 0.2) is 0 Å². The van der Waals surface area contributed by atoms with E-state index in [-0.39, 0.29) is 0 Å². The lowest BCUT2D eigenvalue weighted by atomic mass is 9.58. The normalized spacial score (nSPS) is 24.5. The minimum absolute atomic E-state index is 0.413. The summed E-state index contributed by atoms with van der Waals surface area (Å²) < 4.78 is 0. The van der Waals surface area contributed by atoms with E-state index in [0.29, 0.717) is 5.41 Å². The van der Waals surface area contributed by atoms with Gasteiger partial charge in [-0.2, -0.15) is 0 Å². The third-order valence-electron chi connectivity index (χ3n) is 3.66. The quantitative estimate of drug-likeness (QED) is 0.588. The Labute approximate surface area is 84.1 Å². The van der Waals surface area contributed by atoms with Gasteiger partial charge >= 0.3 is 0 Å². The molecule has 0 amide bonds. The molecule has 0 nitrogen and oxygen atoms in total. The highest BCUT2D eigenvalue weighted by atomic mass is 14.4. The van der Waals surface area contributed by atoms with Crippen molar-refractivity contribution in [3.63, 3.8) is 0 Å². The fourth-order valence-corrected chi connectivity index (χ4v) is 2.31. The van der Waals surface area contributed by atoms with Crippen LogP contribution in [0.1, 0.15) is 59.3 Å². The van der Waals surface area contributed by atoms with Crippen LogP contribution in [0.2, 0.25) is 0 Å². The predicted molar refractivity (Wildman–Crippen MR) is 59.2 cm³/mol. The average Bonchev–Trinajstić information content (AvgIpc) is 2.02. The zero-order valence-corrected chi connectivity index (χ0v) is 9.53. The van der Waals surface area contributed by atoms with Gasteiger partial charge in [-0.25, -0.2) is 0 Å². The molecule has 0 N–H and O–H groups in total. The van der Waals surface area contributed by atoms with E-state index in [1.54, 1.807) is 5.92 Å². The molecule has 0 aromatic rings. The second-order valence-electron chi connectivity index (χ2n) is 5.04. The van der Waals surface area contributed by atoms with Crippen molar-refractivity contribution in [3.05, 3.63) is 12.8 Å². The van der Waals surface area contributed by atoms with E-state index >= 15 is 0 Å². The van der Waals surface area contributed by atoms with E-state index < -0.39 is 0 Å². The van der Waals surface area contributed by atoms with Crippen molar-refractivity contribution in [1.82, 2.24) is 0 Å². The Morgan fingerprint density at radius 1 is 1.46 bits per heavy atom. The molecule has 0 heterocycles. The summed E-state index contributed by atoms with van der Waals surface area (Å²) >= 11 is 0. The Bertz CT molecular complexity index is 146. The van der Waals surface area contributed by atoms with Gasteiger partial charge in [-0.3, -0.25) is 0 Å². The summed E-state index contributed by atoms with van der Waals surface area (Å²) in [5.41, 5.74) is 0.413. The molecule has 13 heavy (non-hydrogen) atoms. The van der Waals surface area contributed by atoms with Crippen LogP contribution < -0.4 is 0 Å². The first-order chi connectivity index (χ1) is 6.11. The van der Waals surface area contributed by atoms with Crippen LogP contribution in [0.4, 0.5) is 0 Å². The van der Waals surface area contributed by atoms with Crippen molar-refractivity contribution in [1.29, 1.82) is 0 Å². The first kappa shape index (κ1) is 11.1. The second-order valence-corrected chi connectivity index (χ2v) is 5.04. The van der Waals surface area contributed by atoms with Crippen molar-refractivity contribution >= 4 is 0 Å². The van der Waals surface area contributed by atoms with Crippen LogP contribution in [-0.4, -0.2) is 0 Å². The third-order valence-corrected chi connectivity index (χ3v) is 3.66. The van der Waals surface area contributed by atoms with Crippen molar-refractivity contribution < 1.29 is 0 Å². The number of rotatable bonds is 5. The van der Waals surface area contributed by atoms with Gasteiger partial charge in [-0.1, -0.05) is 40.5 Å². The molecule has 0 aliphatic heterocycles. The van der Waals surface area contributed by atoms with Gasteiger partial charge in [0, 0.05) is 0 Å². The molecule has 0 bridgehead atoms. The van der Waals surface area contributed by atoms with Crippen LogP contribution in [0.25, 0.3) is 0 Å². The van der Waals surface area contributed by atoms with Gasteiger partial charge in [-0.15, -0.1) is 0 Å². The van der Waals surface area contributed by atoms with Crippen LogP contribution in [0.15, 0.2) is 0 Å². The van der Waals surface area contributed by atoms with Gasteiger partial charge in [0.25, 0.3) is 0 Å². The minimum Gasteiger partial charge on any atom is -0.0654 e. The summed E-state index contributed by atoms with van der Waals surface area (Å²) in [6.45, 7) is 11.0. The van der Waals surface area contributed by atoms with E-state index in [0.717, 1.165) is 12.3 Å². The lowest BCUT2D eigenvalue weighted by molar-refractivity contribution is 0.200. The van der Waals surface area contributed by atoms with Crippen LogP contribution in [0.5, 0.6) is 0 Å². The number of unbranched alkanes of at least 4 members (excludes halogenated alkanes) is 1. The molecule has 1 atom stereocenters. The maximum Gasteiger partial charge on any atom is -0.0154 e. The van der Waals surface area contributed by atoms with Crippen LogP contribution in [0.3, 0.4) is 0 Å². The van der Waals surface area contributed by atoms with E-state index in [1.807, 2.05) is 0 Å². The van der Waals surface area contributed by atoms with Crippen molar-refractivity contribution in [2.24, 2.45) is 11.3 Å². The molecule has 0 saturated heterocycles. The van der Waals surface area contributed by atoms with E-state index in [9.17, 15) is 0 Å². The summed E-state index contributed by atoms with van der Waals surface area (Å²) in [6, 6.07) is 0. The Kier molecular flexibility index (Phi) is 3.82. The molecule has 2 radical (unpaired) electrons. The molecule has 0 aromatic heterocycles. The Morgan fingerprint density at radius 3 is 2.54 bits per heavy atom. The fraction of sp³-hybridized carbons (Fsp3) is 0.846. The van der Waals surface area contributed by atoms with Gasteiger partial charge in [0.1, 0.15) is 0 Å². The zero-order chi connectivity index (χ0) is 9.90. The SMILES string of the molecule is [CH2]CC(C)(C)[C]1CCC1CCCC. The number of hydrogen-bond acceptors (Lipinski definition) is 0. The van der Waals surface area contributed by atoms with E-state index in [2.05, 4.69) is 27.7 Å². The summed E-state index contributed by atoms with van der Waals surface area (Å²) in [4.78, 5) is 0. The Morgan fingerprint density at radius 2 is 2.15 bits per heavy atom. The van der Waals surface area contributed by atoms with Gasteiger partial charge in [0.2, 0.25) is 0 Å². The van der Waals surface area contributed by atoms with Crippen LogP contribution >= 0.6 is 0 Å². The average molecular weight is 180 g/mol. The molecule has 1 unspecified atom stereocenters. The summed E-state index contributed by atoms with van der Waals surface area (Å²) in [7, 11) is 0. The van der Waals surface area contributed by atoms with Crippen LogP contribution in [0, 0.1) is 24.2 Å². The molecule has 76 valence electrons. The van der Waals surface area contributed by atoms with Gasteiger partial charge < -0.3 is 0 Å². The summed E-state index contributed by atoms with van der Waals surface area (Å²) in [5, 5.41) is 0. The largest absolute Gasteiger partial charge is 0.0654 e. The third kappa shape index (κ3) is 2.48. The molecule has 0 heteroatoms. The summed E-state index contributed by atoms with van der Waals surface area (Å²) in [6.07, 6.45) is 8.05. The lowest BCUT2D eigenvalue weighted by Gasteiger charge is -2.46. The highest BCUT2D eigenvalue weighted by Crippen LogP contribution is 2.51. The minimum atomic E-state index is 0.413. The maximum absolute atomic E-state index is 4.05. The first-order valence-corrected chi connectivity index (χ1v) is 5.77. The van der Waals surface area contributed by atoms with Crippen molar-refractivity contribution in [2.75, 3.05) is 0 Å². The van der Waals surface area contributed by atoms with Gasteiger partial charge in [0.05, 0.1) is 0 Å². The second kappa shape index (κ2) is 4.48. The molecule has 1 aliphatic carbocycles. The highest BCUT2D eigenvalue weighted by molar-refractivity contribution is 5.14. The van der Waals surface area contributed by atoms with Crippen molar-refractivity contribution in [3.8, 4) is 0 Å². The maximum atomic E-state index is 4.05. The predicted octanol–water partition coefficient (Wildman–Crippen LogP) is 4.41. The highest BCUT2D eigenvalue weighted by Gasteiger charge is 2.40. The molecule has 1 saturated carbocycles. The van der Waals surface area contributed by atoms with E-state index in [4.69, 9.17) is 0 Å².